The maximum atomic E-state index is 11.9. The normalized spacial score (nSPS) is 16.9. The molecule has 0 radical (unpaired) electrons. The number of benzene rings is 1. The maximum absolute atomic E-state index is 11.9. The van der Waals surface area contributed by atoms with Crippen LogP contribution in [0.25, 0.3) is 11.4 Å². The molecule has 0 spiro atoms. The van der Waals surface area contributed by atoms with Crippen LogP contribution in [0, 0.1) is 0 Å². The monoisotopic (exact) mass is 402 g/mol. The van der Waals surface area contributed by atoms with Gasteiger partial charge >= 0.3 is 0 Å². The molecule has 2 N–H and O–H groups in total. The van der Waals surface area contributed by atoms with Crippen LogP contribution in [0.15, 0.2) is 28.8 Å². The molecule has 0 bridgehead atoms. The van der Waals surface area contributed by atoms with Gasteiger partial charge in [0, 0.05) is 54.1 Å². The zero-order valence-electron chi connectivity index (χ0n) is 13.5. The Hall–Kier alpha value is -1.28. The summed E-state index contributed by atoms with van der Waals surface area (Å²) in [5.41, 5.74) is 0.847. The summed E-state index contributed by atoms with van der Waals surface area (Å²) in [6.45, 7) is 1.46. The molecule has 1 aromatic carbocycles. The number of carbonyl (C=O) groups is 1. The fourth-order valence-electron chi connectivity index (χ4n) is 2.43. The van der Waals surface area contributed by atoms with E-state index in [0.29, 0.717) is 36.1 Å². The Bertz CT molecular complexity index is 675. The first kappa shape index (κ1) is 20.0. The second kappa shape index (κ2) is 10.0. The minimum atomic E-state index is 0. The molecule has 25 heavy (non-hydrogen) atoms. The summed E-state index contributed by atoms with van der Waals surface area (Å²) >= 11 is 7.75. The Kier molecular flexibility index (Phi) is 8.02. The van der Waals surface area contributed by atoms with E-state index in [4.69, 9.17) is 16.1 Å². The molecule has 1 aliphatic heterocycles. The minimum absolute atomic E-state index is 0. The number of amides is 1. The molecule has 2 aromatic rings. The van der Waals surface area contributed by atoms with Crippen LogP contribution in [0.5, 0.6) is 0 Å². The Labute approximate surface area is 161 Å². The molecule has 136 valence electrons. The van der Waals surface area contributed by atoms with Crippen LogP contribution in [-0.2, 0) is 11.2 Å². The Morgan fingerprint density at radius 1 is 1.40 bits per heavy atom. The maximum Gasteiger partial charge on any atom is 0.228 e. The van der Waals surface area contributed by atoms with Gasteiger partial charge in [0.25, 0.3) is 0 Å². The molecule has 0 saturated carbocycles. The first-order valence-electron chi connectivity index (χ1n) is 7.87. The summed E-state index contributed by atoms with van der Waals surface area (Å²) in [7, 11) is 0. The molecule has 0 aliphatic carbocycles. The van der Waals surface area contributed by atoms with E-state index >= 15 is 0 Å². The fraction of sp³-hybridized carbons (Fsp3) is 0.438. The number of hydrogen-bond acceptors (Lipinski definition) is 6. The highest BCUT2D eigenvalue weighted by Crippen LogP contribution is 2.18. The number of halogens is 2. The van der Waals surface area contributed by atoms with E-state index < -0.39 is 0 Å². The van der Waals surface area contributed by atoms with E-state index in [1.807, 2.05) is 23.9 Å². The fourth-order valence-corrected chi connectivity index (χ4v) is 3.50. The average molecular weight is 403 g/mol. The lowest BCUT2D eigenvalue weighted by Gasteiger charge is -2.22. The highest BCUT2D eigenvalue weighted by atomic mass is 35.5. The van der Waals surface area contributed by atoms with E-state index in [-0.39, 0.29) is 24.4 Å². The van der Waals surface area contributed by atoms with Crippen LogP contribution < -0.4 is 10.6 Å². The molecule has 1 fully saturated rings. The number of hydrogen-bond donors (Lipinski definition) is 2. The summed E-state index contributed by atoms with van der Waals surface area (Å²) in [4.78, 5) is 16.3. The van der Waals surface area contributed by atoms with Crippen molar-refractivity contribution in [2.75, 3.05) is 24.6 Å². The van der Waals surface area contributed by atoms with Crippen molar-refractivity contribution in [3.05, 3.63) is 35.2 Å². The Morgan fingerprint density at radius 2 is 2.20 bits per heavy atom. The Balaban J connectivity index is 0.00000225. The predicted molar refractivity (Wildman–Crippen MR) is 102 cm³/mol. The van der Waals surface area contributed by atoms with Gasteiger partial charge < -0.3 is 15.2 Å². The summed E-state index contributed by atoms with van der Waals surface area (Å²) in [6, 6.07) is 7.51. The standard InChI is InChI=1S/C16H19ClN4O2S.ClH/c17-12-3-1-11(2-4-12)16-20-15(23-21-16)5-6-19-14(22)9-13-10-24-8-7-18-13;/h1-4,13,18H,5-10H2,(H,19,22);1H. The molecule has 1 unspecified atom stereocenters. The summed E-state index contributed by atoms with van der Waals surface area (Å²) in [5.74, 6) is 3.18. The number of aromatic nitrogens is 2. The largest absolute Gasteiger partial charge is 0.356 e. The molecule has 3 rings (SSSR count). The van der Waals surface area contributed by atoms with Crippen molar-refractivity contribution in [1.82, 2.24) is 20.8 Å². The van der Waals surface area contributed by atoms with Gasteiger partial charge in [-0.2, -0.15) is 16.7 Å². The second-order valence-electron chi connectivity index (χ2n) is 5.55. The number of thioether (sulfide) groups is 1. The lowest BCUT2D eigenvalue weighted by molar-refractivity contribution is -0.121. The van der Waals surface area contributed by atoms with Crippen LogP contribution in [0.1, 0.15) is 12.3 Å². The van der Waals surface area contributed by atoms with Crippen molar-refractivity contribution in [3.8, 4) is 11.4 Å². The van der Waals surface area contributed by atoms with Gasteiger partial charge in [-0.25, -0.2) is 0 Å². The summed E-state index contributed by atoms with van der Waals surface area (Å²) in [6.07, 6.45) is 1.02. The molecule has 6 nitrogen and oxygen atoms in total. The number of rotatable bonds is 6. The highest BCUT2D eigenvalue weighted by molar-refractivity contribution is 7.99. The van der Waals surface area contributed by atoms with E-state index in [9.17, 15) is 4.79 Å². The smallest absolute Gasteiger partial charge is 0.228 e. The summed E-state index contributed by atoms with van der Waals surface area (Å²) < 4.78 is 5.22. The average Bonchev–Trinajstić information content (AvgIpc) is 3.05. The van der Waals surface area contributed by atoms with Gasteiger partial charge in [-0.05, 0) is 24.3 Å². The predicted octanol–water partition coefficient (Wildman–Crippen LogP) is 2.57. The molecule has 1 saturated heterocycles. The lowest BCUT2D eigenvalue weighted by atomic mass is 10.2. The van der Waals surface area contributed by atoms with Crippen molar-refractivity contribution in [2.45, 2.75) is 18.9 Å². The molecule has 2 heterocycles. The van der Waals surface area contributed by atoms with Crippen molar-refractivity contribution in [2.24, 2.45) is 0 Å². The van der Waals surface area contributed by atoms with E-state index in [2.05, 4.69) is 20.8 Å². The molecule has 1 aromatic heterocycles. The third-order valence-electron chi connectivity index (χ3n) is 3.66. The van der Waals surface area contributed by atoms with Gasteiger partial charge in [-0.1, -0.05) is 16.8 Å². The van der Waals surface area contributed by atoms with Gasteiger partial charge in [-0.3, -0.25) is 4.79 Å². The topological polar surface area (TPSA) is 80.0 Å². The van der Waals surface area contributed by atoms with Crippen molar-refractivity contribution in [3.63, 3.8) is 0 Å². The zero-order chi connectivity index (χ0) is 16.8. The summed E-state index contributed by atoms with van der Waals surface area (Å²) in [5, 5.41) is 10.9. The third-order valence-corrected chi connectivity index (χ3v) is 5.04. The number of carbonyl (C=O) groups excluding carboxylic acids is 1. The molecule has 1 atom stereocenters. The third kappa shape index (κ3) is 6.18. The molecule has 1 aliphatic rings. The molecular weight excluding hydrogens is 383 g/mol. The SMILES string of the molecule is Cl.O=C(CC1CSCCN1)NCCc1nc(-c2ccc(Cl)cc2)no1. The first-order valence-corrected chi connectivity index (χ1v) is 9.40. The quantitative estimate of drug-likeness (QED) is 0.772. The van der Waals surface area contributed by atoms with Gasteiger partial charge in [-0.15, -0.1) is 12.4 Å². The number of nitrogens with zero attached hydrogens (tertiary/aromatic N) is 2. The Morgan fingerprint density at radius 3 is 2.92 bits per heavy atom. The van der Waals surface area contributed by atoms with Crippen molar-refractivity contribution < 1.29 is 9.32 Å². The van der Waals surface area contributed by atoms with E-state index in [1.165, 1.54) is 0 Å². The van der Waals surface area contributed by atoms with Crippen LogP contribution in [0.2, 0.25) is 5.02 Å². The zero-order valence-corrected chi connectivity index (χ0v) is 15.9. The molecule has 9 heteroatoms. The van der Waals surface area contributed by atoms with Crippen LogP contribution in [0.4, 0.5) is 0 Å². The molecular formula is C16H20Cl2N4O2S. The van der Waals surface area contributed by atoms with Crippen LogP contribution >= 0.6 is 35.8 Å². The van der Waals surface area contributed by atoms with Gasteiger partial charge in [0.2, 0.25) is 17.6 Å². The van der Waals surface area contributed by atoms with Gasteiger partial charge in [0.15, 0.2) is 0 Å². The van der Waals surface area contributed by atoms with Gasteiger partial charge in [0.1, 0.15) is 0 Å². The lowest BCUT2D eigenvalue weighted by Crippen LogP contribution is -2.41. The molecule has 1 amide bonds. The van der Waals surface area contributed by atoms with Crippen molar-refractivity contribution >= 4 is 41.7 Å². The first-order chi connectivity index (χ1) is 11.7. The van der Waals surface area contributed by atoms with Crippen molar-refractivity contribution in [1.29, 1.82) is 0 Å². The van der Waals surface area contributed by atoms with Crippen LogP contribution in [0.3, 0.4) is 0 Å². The second-order valence-corrected chi connectivity index (χ2v) is 7.13. The van der Waals surface area contributed by atoms with E-state index in [0.717, 1.165) is 23.6 Å². The minimum Gasteiger partial charge on any atom is -0.356 e. The number of nitrogens with one attached hydrogen (secondary N) is 2. The van der Waals surface area contributed by atoms with E-state index in [1.54, 1.807) is 12.1 Å². The van der Waals surface area contributed by atoms with Crippen LogP contribution in [-0.4, -0.2) is 46.7 Å². The van der Waals surface area contributed by atoms with Gasteiger partial charge in [0.05, 0.1) is 0 Å². The highest BCUT2D eigenvalue weighted by Gasteiger charge is 2.16.